The van der Waals surface area contributed by atoms with Crippen molar-refractivity contribution in [2.75, 3.05) is 13.7 Å². The molecule has 0 fully saturated rings. The second-order valence-electron chi connectivity index (χ2n) is 4.98. The van der Waals surface area contributed by atoms with Gasteiger partial charge in [-0.2, -0.15) is 0 Å². The highest BCUT2D eigenvalue weighted by atomic mass is 35.5. The van der Waals surface area contributed by atoms with Crippen LogP contribution in [0, 0.1) is 0 Å². The summed E-state index contributed by atoms with van der Waals surface area (Å²) in [6.45, 7) is 0.519. The zero-order valence-electron chi connectivity index (χ0n) is 11.8. The molecule has 1 aromatic heterocycles. The third kappa shape index (κ3) is 3.12. The first kappa shape index (κ1) is 14.2. The lowest BCUT2D eigenvalue weighted by Gasteiger charge is -2.32. The molecule has 0 saturated heterocycles. The Hall–Kier alpha value is -1.78. The minimum absolute atomic E-state index is 0.0610. The molecule has 1 aliphatic heterocycles. The summed E-state index contributed by atoms with van der Waals surface area (Å²) in [5.74, 6) is 1.58. The molecule has 0 radical (unpaired) electrons. The lowest BCUT2D eigenvalue weighted by atomic mass is 10.0. The molecule has 0 aliphatic carbocycles. The van der Waals surface area contributed by atoms with E-state index in [-0.39, 0.29) is 12.1 Å². The second-order valence-corrected chi connectivity index (χ2v) is 5.39. The van der Waals surface area contributed by atoms with Gasteiger partial charge in [0.2, 0.25) is 0 Å². The summed E-state index contributed by atoms with van der Waals surface area (Å²) < 4.78 is 11.8. The molecule has 110 valence electrons. The molecule has 1 aliphatic rings. The fraction of sp³-hybridized carbons (Fsp3) is 0.312. The predicted molar refractivity (Wildman–Crippen MR) is 82.2 cm³/mol. The van der Waals surface area contributed by atoms with Crippen LogP contribution in [0.15, 0.2) is 42.7 Å². The van der Waals surface area contributed by atoms with Crippen LogP contribution in [0.3, 0.4) is 0 Å². The molecule has 1 aromatic carbocycles. The predicted octanol–water partition coefficient (Wildman–Crippen LogP) is 2.71. The van der Waals surface area contributed by atoms with Crippen molar-refractivity contribution >= 4 is 11.6 Å². The third-order valence-corrected chi connectivity index (χ3v) is 3.99. The van der Waals surface area contributed by atoms with Gasteiger partial charge in [-0.1, -0.05) is 23.7 Å². The summed E-state index contributed by atoms with van der Waals surface area (Å²) in [7, 11) is 1.92. The molecule has 0 amide bonds. The van der Waals surface area contributed by atoms with Gasteiger partial charge in [0, 0.05) is 12.4 Å². The van der Waals surface area contributed by atoms with E-state index in [0.29, 0.717) is 11.6 Å². The van der Waals surface area contributed by atoms with Gasteiger partial charge < -0.3 is 14.8 Å². The van der Waals surface area contributed by atoms with Crippen molar-refractivity contribution in [2.45, 2.75) is 18.6 Å². The number of para-hydroxylation sites is 2. The van der Waals surface area contributed by atoms with Gasteiger partial charge in [0.1, 0.15) is 12.7 Å². The molecule has 2 heterocycles. The topological polar surface area (TPSA) is 43.4 Å². The number of pyridine rings is 1. The molecule has 5 heteroatoms. The van der Waals surface area contributed by atoms with E-state index in [1.54, 1.807) is 12.4 Å². The maximum absolute atomic E-state index is 6.18. The van der Waals surface area contributed by atoms with Crippen molar-refractivity contribution in [3.63, 3.8) is 0 Å². The maximum atomic E-state index is 6.18. The molecular weight excluding hydrogens is 288 g/mol. The molecule has 0 saturated carbocycles. The molecule has 2 unspecified atom stereocenters. The highest BCUT2D eigenvalue weighted by Crippen LogP contribution is 2.32. The normalized spacial score (nSPS) is 18.3. The number of fused-ring (bicyclic) bond motifs is 1. The third-order valence-electron chi connectivity index (χ3n) is 3.65. The molecule has 1 N–H and O–H groups in total. The van der Waals surface area contributed by atoms with E-state index < -0.39 is 0 Å². The van der Waals surface area contributed by atoms with Crippen LogP contribution >= 0.6 is 11.6 Å². The van der Waals surface area contributed by atoms with Gasteiger partial charge in [0.15, 0.2) is 11.5 Å². The van der Waals surface area contributed by atoms with E-state index in [4.69, 9.17) is 21.1 Å². The Bertz CT molecular complexity index is 621. The van der Waals surface area contributed by atoms with Crippen LogP contribution < -0.4 is 14.8 Å². The SMILES string of the molecule is CNC(Cc1ccncc1Cl)C1COc2ccccc2O1. The summed E-state index contributed by atoms with van der Waals surface area (Å²) in [6, 6.07) is 9.77. The number of halogens is 1. The number of hydrogen-bond acceptors (Lipinski definition) is 4. The fourth-order valence-corrected chi connectivity index (χ4v) is 2.66. The first-order valence-electron chi connectivity index (χ1n) is 6.92. The van der Waals surface area contributed by atoms with Crippen LogP contribution in [0.25, 0.3) is 0 Å². The summed E-state index contributed by atoms with van der Waals surface area (Å²) >= 11 is 6.18. The lowest BCUT2D eigenvalue weighted by molar-refractivity contribution is 0.0641. The van der Waals surface area contributed by atoms with Crippen molar-refractivity contribution in [2.24, 2.45) is 0 Å². The Labute approximate surface area is 129 Å². The van der Waals surface area contributed by atoms with Gasteiger partial charge in [-0.15, -0.1) is 0 Å². The van der Waals surface area contributed by atoms with Gasteiger partial charge in [-0.25, -0.2) is 0 Å². The molecule has 21 heavy (non-hydrogen) atoms. The zero-order valence-corrected chi connectivity index (χ0v) is 12.5. The van der Waals surface area contributed by atoms with E-state index in [1.165, 1.54) is 0 Å². The number of hydrogen-bond donors (Lipinski definition) is 1. The second kappa shape index (κ2) is 6.33. The van der Waals surface area contributed by atoms with Gasteiger partial charge >= 0.3 is 0 Å². The standard InChI is InChI=1S/C16H17ClN2O2/c1-18-13(8-11-6-7-19-9-12(11)17)16-10-20-14-4-2-3-5-15(14)21-16/h2-7,9,13,16,18H,8,10H2,1H3. The van der Waals surface area contributed by atoms with E-state index in [1.807, 2.05) is 37.4 Å². The van der Waals surface area contributed by atoms with Crippen LogP contribution in [0.1, 0.15) is 5.56 Å². The molecule has 3 rings (SSSR count). The van der Waals surface area contributed by atoms with Crippen LogP contribution in [-0.2, 0) is 6.42 Å². The molecule has 4 nitrogen and oxygen atoms in total. The number of likely N-dealkylation sites (N-methyl/N-ethyl adjacent to an activating group) is 1. The molecule has 2 atom stereocenters. The Morgan fingerprint density at radius 1 is 1.33 bits per heavy atom. The number of nitrogens with one attached hydrogen (secondary N) is 1. The smallest absolute Gasteiger partial charge is 0.161 e. The fourth-order valence-electron chi connectivity index (χ4n) is 2.46. The van der Waals surface area contributed by atoms with Crippen molar-refractivity contribution in [3.8, 4) is 11.5 Å². The molecule has 0 spiro atoms. The maximum Gasteiger partial charge on any atom is 0.161 e. The number of nitrogens with zero attached hydrogens (tertiary/aromatic N) is 1. The highest BCUT2D eigenvalue weighted by Gasteiger charge is 2.28. The van der Waals surface area contributed by atoms with Crippen LogP contribution in [0.2, 0.25) is 5.02 Å². The quantitative estimate of drug-likeness (QED) is 0.943. The summed E-state index contributed by atoms with van der Waals surface area (Å²) in [6.07, 6.45) is 4.11. The van der Waals surface area contributed by atoms with Crippen molar-refractivity contribution in [1.82, 2.24) is 10.3 Å². The van der Waals surface area contributed by atoms with Crippen molar-refractivity contribution in [3.05, 3.63) is 53.3 Å². The minimum Gasteiger partial charge on any atom is -0.486 e. The largest absolute Gasteiger partial charge is 0.486 e. The Morgan fingerprint density at radius 2 is 2.14 bits per heavy atom. The van der Waals surface area contributed by atoms with E-state index in [9.17, 15) is 0 Å². The molecule has 2 aromatic rings. The average molecular weight is 305 g/mol. The van der Waals surface area contributed by atoms with Crippen LogP contribution in [-0.4, -0.2) is 30.8 Å². The van der Waals surface area contributed by atoms with Gasteiger partial charge in [-0.3, -0.25) is 4.98 Å². The minimum atomic E-state index is -0.0610. The Morgan fingerprint density at radius 3 is 2.90 bits per heavy atom. The van der Waals surface area contributed by atoms with Crippen molar-refractivity contribution in [1.29, 1.82) is 0 Å². The van der Waals surface area contributed by atoms with Gasteiger partial charge in [-0.05, 0) is 37.2 Å². The van der Waals surface area contributed by atoms with Gasteiger partial charge in [0.25, 0.3) is 0 Å². The summed E-state index contributed by atoms with van der Waals surface area (Å²) in [4.78, 5) is 4.01. The van der Waals surface area contributed by atoms with E-state index in [0.717, 1.165) is 23.5 Å². The number of ether oxygens (including phenoxy) is 2. The van der Waals surface area contributed by atoms with Crippen molar-refractivity contribution < 1.29 is 9.47 Å². The first-order chi connectivity index (χ1) is 10.3. The number of rotatable bonds is 4. The monoisotopic (exact) mass is 304 g/mol. The van der Waals surface area contributed by atoms with Crippen LogP contribution in [0.4, 0.5) is 0 Å². The molecule has 0 bridgehead atoms. The van der Waals surface area contributed by atoms with E-state index in [2.05, 4.69) is 10.3 Å². The lowest BCUT2D eigenvalue weighted by Crippen LogP contribution is -2.47. The first-order valence-corrected chi connectivity index (χ1v) is 7.30. The highest BCUT2D eigenvalue weighted by molar-refractivity contribution is 6.31. The van der Waals surface area contributed by atoms with E-state index >= 15 is 0 Å². The zero-order chi connectivity index (χ0) is 14.7. The number of benzene rings is 1. The summed E-state index contributed by atoms with van der Waals surface area (Å²) in [5, 5.41) is 3.97. The number of aromatic nitrogens is 1. The summed E-state index contributed by atoms with van der Waals surface area (Å²) in [5.41, 5.74) is 1.05. The molecular formula is C16H17ClN2O2. The van der Waals surface area contributed by atoms with Gasteiger partial charge in [0.05, 0.1) is 11.1 Å². The Kier molecular flexibility index (Phi) is 4.27. The Balaban J connectivity index is 1.74. The average Bonchev–Trinajstić information content (AvgIpc) is 2.54. The van der Waals surface area contributed by atoms with Crippen LogP contribution in [0.5, 0.6) is 11.5 Å².